The lowest BCUT2D eigenvalue weighted by molar-refractivity contribution is -0.139. The average Bonchev–Trinajstić information content (AvgIpc) is 3.09. The highest BCUT2D eigenvalue weighted by molar-refractivity contribution is 5.96. The monoisotopic (exact) mass is 742 g/mol. The molecule has 8 atom stereocenters. The highest BCUT2D eigenvalue weighted by Gasteiger charge is 2.31. The summed E-state index contributed by atoms with van der Waals surface area (Å²) >= 11 is 0. The zero-order valence-corrected chi connectivity index (χ0v) is 29.5. The van der Waals surface area contributed by atoms with Gasteiger partial charge in [0.15, 0.2) is 18.3 Å². The molecule has 0 unspecified atom stereocenters. The predicted molar refractivity (Wildman–Crippen MR) is 182 cm³/mol. The molecule has 0 radical (unpaired) electrons. The molecule has 292 valence electrons. The second kappa shape index (κ2) is 24.6. The second-order valence-corrected chi connectivity index (χ2v) is 11.4. The standard InChI is InChI=1S/C29H50N12O11/c1-14(33-9-10-42)23(47)41-22(39-19(13-44)11-20(45)46)28(52)37-16(3)25(49)35-15(2)24(48)36-17(4)26(50)40-21(27(51)32-5)38-18(12-43)7-6-8-34-29(30)31/h10,12-19,21-22,33,38-39H,6-9,11H2,1-5H3,(H,32,51)(H,35,49)(H,36,48)(H,37,52)(H,40,50)(H,41,47)(H,45,46)(H4,30,31,34)/t14-,15+,16+,17+,18-,19-,21-,22-/m1/s1. The third kappa shape index (κ3) is 18.4. The molecule has 23 heteroatoms. The Morgan fingerprint density at radius 3 is 1.54 bits per heavy atom. The van der Waals surface area contributed by atoms with Crippen molar-refractivity contribution >= 4 is 66.2 Å². The van der Waals surface area contributed by atoms with Gasteiger partial charge in [0.2, 0.25) is 23.6 Å². The molecule has 0 saturated heterocycles. The van der Waals surface area contributed by atoms with E-state index in [1.165, 1.54) is 34.7 Å². The summed E-state index contributed by atoms with van der Waals surface area (Å²) in [5, 5.41) is 30.7. The molecular formula is C29H50N12O11. The average molecular weight is 743 g/mol. The van der Waals surface area contributed by atoms with E-state index >= 15 is 0 Å². The largest absolute Gasteiger partial charge is 0.481 e. The first-order valence-electron chi connectivity index (χ1n) is 16.0. The van der Waals surface area contributed by atoms with Gasteiger partial charge in [0, 0.05) is 13.6 Å². The van der Waals surface area contributed by atoms with Crippen LogP contribution in [0.2, 0.25) is 0 Å². The summed E-state index contributed by atoms with van der Waals surface area (Å²) in [6.45, 7) is 5.21. The van der Waals surface area contributed by atoms with Crippen molar-refractivity contribution in [3.05, 3.63) is 0 Å². The fourth-order valence-electron chi connectivity index (χ4n) is 4.01. The van der Waals surface area contributed by atoms with Crippen molar-refractivity contribution < 1.29 is 53.1 Å². The van der Waals surface area contributed by atoms with Gasteiger partial charge in [0.1, 0.15) is 37.0 Å². The van der Waals surface area contributed by atoms with Crippen molar-refractivity contribution in [3.8, 4) is 0 Å². The summed E-state index contributed by atoms with van der Waals surface area (Å²) in [4.78, 5) is 125. The number of aliphatic imine (C=N–C) groups is 1. The number of nitrogens with one attached hydrogen (secondary N) is 9. The van der Waals surface area contributed by atoms with Gasteiger partial charge >= 0.3 is 5.97 Å². The van der Waals surface area contributed by atoms with Gasteiger partial charge in [0.25, 0.3) is 11.8 Å². The minimum absolute atomic E-state index is 0.126. The molecule has 0 bridgehead atoms. The van der Waals surface area contributed by atoms with Crippen LogP contribution >= 0.6 is 0 Å². The number of amides is 6. The number of nitrogens with zero attached hydrogens (tertiary/aromatic N) is 1. The molecule has 0 aliphatic rings. The van der Waals surface area contributed by atoms with E-state index in [0.29, 0.717) is 19.0 Å². The van der Waals surface area contributed by atoms with Gasteiger partial charge < -0.3 is 62.9 Å². The molecule has 0 spiro atoms. The number of likely N-dealkylation sites (N-methyl/N-ethyl adjacent to an activating group) is 1. The highest BCUT2D eigenvalue weighted by atomic mass is 16.4. The number of rotatable bonds is 26. The van der Waals surface area contributed by atoms with Crippen molar-refractivity contribution in [3.63, 3.8) is 0 Å². The maximum atomic E-state index is 13.0. The van der Waals surface area contributed by atoms with Gasteiger partial charge in [-0.05, 0) is 40.5 Å². The molecule has 52 heavy (non-hydrogen) atoms. The number of carbonyl (C=O) groups is 10. The van der Waals surface area contributed by atoms with Gasteiger partial charge in [-0.25, -0.2) is 0 Å². The van der Waals surface area contributed by atoms with Gasteiger partial charge in [-0.1, -0.05) is 0 Å². The van der Waals surface area contributed by atoms with Gasteiger partial charge in [-0.3, -0.25) is 54.5 Å². The van der Waals surface area contributed by atoms with Gasteiger partial charge in [-0.2, -0.15) is 0 Å². The van der Waals surface area contributed by atoms with Gasteiger partial charge in [0.05, 0.1) is 31.1 Å². The molecule has 0 aromatic rings. The Morgan fingerprint density at radius 2 is 1.10 bits per heavy atom. The van der Waals surface area contributed by atoms with Crippen LogP contribution in [-0.2, 0) is 47.9 Å². The van der Waals surface area contributed by atoms with Crippen LogP contribution in [0.3, 0.4) is 0 Å². The van der Waals surface area contributed by atoms with Crippen LogP contribution in [-0.4, -0.2) is 140 Å². The summed E-state index contributed by atoms with van der Waals surface area (Å²) in [5.41, 5.74) is 10.5. The molecular weight excluding hydrogens is 692 g/mol. The van der Waals surface area contributed by atoms with E-state index < -0.39 is 96.4 Å². The topological polar surface area (TPSA) is 364 Å². The quantitative estimate of drug-likeness (QED) is 0.0129. The Bertz CT molecular complexity index is 1310. The van der Waals surface area contributed by atoms with Crippen LogP contribution in [0, 0.1) is 0 Å². The van der Waals surface area contributed by atoms with E-state index in [9.17, 15) is 47.9 Å². The van der Waals surface area contributed by atoms with Crippen LogP contribution in [0.4, 0.5) is 0 Å². The number of nitrogens with two attached hydrogens (primary N) is 2. The van der Waals surface area contributed by atoms with Crippen molar-refractivity contribution in [2.75, 3.05) is 20.1 Å². The number of hydrogen-bond donors (Lipinski definition) is 12. The number of guanidine groups is 1. The van der Waals surface area contributed by atoms with Crippen molar-refractivity contribution in [2.24, 2.45) is 16.5 Å². The number of carboxylic acid groups (broad SMARTS) is 1. The van der Waals surface area contributed by atoms with E-state index in [4.69, 9.17) is 16.6 Å². The fraction of sp³-hybridized carbons (Fsp3) is 0.621. The number of aliphatic carboxylic acids is 1. The summed E-state index contributed by atoms with van der Waals surface area (Å²) in [6.07, 6.45) is -1.98. The molecule has 14 N–H and O–H groups in total. The lowest BCUT2D eigenvalue weighted by Crippen LogP contribution is -2.63. The minimum Gasteiger partial charge on any atom is -0.481 e. The van der Waals surface area contributed by atoms with Crippen LogP contribution in [0.15, 0.2) is 4.99 Å². The van der Waals surface area contributed by atoms with E-state index in [1.807, 2.05) is 0 Å². The Morgan fingerprint density at radius 1 is 0.654 bits per heavy atom. The van der Waals surface area contributed by atoms with Crippen LogP contribution in [0.25, 0.3) is 0 Å². The predicted octanol–water partition coefficient (Wildman–Crippen LogP) is -6.85. The van der Waals surface area contributed by atoms with E-state index in [0.717, 1.165) is 0 Å². The summed E-state index contributed by atoms with van der Waals surface area (Å²) in [6, 6.07) is -7.15. The fourth-order valence-corrected chi connectivity index (χ4v) is 4.01. The lowest BCUT2D eigenvalue weighted by Gasteiger charge is -2.26. The summed E-state index contributed by atoms with van der Waals surface area (Å²) < 4.78 is 0. The van der Waals surface area contributed by atoms with E-state index in [-0.39, 0.29) is 31.8 Å². The second-order valence-electron chi connectivity index (χ2n) is 11.4. The molecule has 0 heterocycles. The third-order valence-electron chi connectivity index (χ3n) is 6.95. The van der Waals surface area contributed by atoms with Crippen LogP contribution in [0.5, 0.6) is 0 Å². The smallest absolute Gasteiger partial charge is 0.305 e. The summed E-state index contributed by atoms with van der Waals surface area (Å²) in [5.74, 6) is -6.62. The SMILES string of the molecule is CNC(=O)[C@@H](NC(=O)[C@H](C)NC(=O)[C@H](C)NC(=O)[C@H](C)NC(=O)[C@@H](NC(=O)[C@@H](C)NCC=O)N[C@@H](C=O)CC(=O)O)N[C@@H](C=O)CCCN=C(N)N. The number of carbonyl (C=O) groups excluding carboxylic acids is 9. The first kappa shape index (κ1) is 46.4. The first-order chi connectivity index (χ1) is 24.4. The normalized spacial score (nSPS) is 15.2. The molecule has 23 nitrogen and oxygen atoms in total. The van der Waals surface area contributed by atoms with Crippen molar-refractivity contribution in [1.29, 1.82) is 0 Å². The first-order valence-corrected chi connectivity index (χ1v) is 16.0. The minimum atomic E-state index is -1.71. The Labute approximate surface area is 299 Å². The molecule has 0 saturated carbocycles. The Hall–Kier alpha value is -5.55. The highest BCUT2D eigenvalue weighted by Crippen LogP contribution is 1.99. The molecule has 0 aromatic carbocycles. The zero-order valence-electron chi connectivity index (χ0n) is 29.5. The Kier molecular flexibility index (Phi) is 22.0. The molecule has 0 aliphatic heterocycles. The number of aldehydes is 3. The van der Waals surface area contributed by atoms with Crippen molar-refractivity contribution in [2.45, 2.75) is 95.5 Å². The summed E-state index contributed by atoms with van der Waals surface area (Å²) in [7, 11) is 1.31. The molecule has 0 fully saturated rings. The van der Waals surface area contributed by atoms with Crippen LogP contribution in [0.1, 0.15) is 47.0 Å². The van der Waals surface area contributed by atoms with Crippen LogP contribution < -0.4 is 59.3 Å². The third-order valence-corrected chi connectivity index (χ3v) is 6.95. The number of hydrogen-bond acceptors (Lipinski definition) is 14. The molecule has 6 amide bonds. The Balaban J connectivity index is 5.43. The van der Waals surface area contributed by atoms with E-state index in [1.54, 1.807) is 0 Å². The molecule has 0 rings (SSSR count). The van der Waals surface area contributed by atoms with Crippen molar-refractivity contribution in [1.82, 2.24) is 47.9 Å². The number of carboxylic acids is 1. The van der Waals surface area contributed by atoms with E-state index in [2.05, 4.69) is 52.8 Å². The molecule has 0 aromatic heterocycles. The molecule has 0 aliphatic carbocycles. The zero-order chi connectivity index (χ0) is 40.0. The van der Waals surface area contributed by atoms with Gasteiger partial charge in [-0.15, -0.1) is 0 Å². The maximum Gasteiger partial charge on any atom is 0.305 e. The lowest BCUT2D eigenvalue weighted by atomic mass is 10.1. The maximum absolute atomic E-state index is 13.0.